The van der Waals surface area contributed by atoms with Crippen LogP contribution in [0.3, 0.4) is 0 Å². The summed E-state index contributed by atoms with van der Waals surface area (Å²) in [6.07, 6.45) is 5.03. The molecule has 0 aliphatic rings. The molecule has 5 heteroatoms. The Morgan fingerprint density at radius 3 is 2.90 bits per heavy atom. The number of carbonyl (C=O) groups excluding carboxylic acids is 1. The van der Waals surface area contributed by atoms with E-state index in [1.807, 2.05) is 6.92 Å². The van der Waals surface area contributed by atoms with Crippen LogP contribution in [0.1, 0.15) is 45.1 Å². The van der Waals surface area contributed by atoms with Gasteiger partial charge >= 0.3 is 0 Å². The molecule has 0 fully saturated rings. The van der Waals surface area contributed by atoms with Crippen LogP contribution in [0.15, 0.2) is 23.3 Å². The third kappa shape index (κ3) is 5.73. The summed E-state index contributed by atoms with van der Waals surface area (Å²) in [6.45, 7) is 4.41. The standard InChI is InChI=1S/C15H22N2O3/c1-3-5-6-7-15(19)17-16-11-12-8-9-13(18)14(10-12)20-4-2/h8-11,18H,3-7H2,1-2H3,(H,17,19)/b16-11+. The van der Waals surface area contributed by atoms with Crippen LogP contribution in [0, 0.1) is 0 Å². The lowest BCUT2D eigenvalue weighted by molar-refractivity contribution is -0.121. The molecule has 0 saturated heterocycles. The molecule has 0 bridgehead atoms. The second kappa shape index (κ2) is 8.96. The van der Waals surface area contributed by atoms with Gasteiger partial charge in [0.25, 0.3) is 0 Å². The Morgan fingerprint density at radius 1 is 1.40 bits per heavy atom. The monoisotopic (exact) mass is 278 g/mol. The Balaban J connectivity index is 2.49. The smallest absolute Gasteiger partial charge is 0.240 e. The van der Waals surface area contributed by atoms with Crippen molar-refractivity contribution in [3.05, 3.63) is 23.8 Å². The van der Waals surface area contributed by atoms with Crippen LogP contribution in [-0.4, -0.2) is 23.8 Å². The van der Waals surface area contributed by atoms with E-state index in [1.165, 1.54) is 12.3 Å². The quantitative estimate of drug-likeness (QED) is 0.436. The number of rotatable bonds is 8. The molecule has 1 rings (SSSR count). The van der Waals surface area contributed by atoms with Crippen LogP contribution in [-0.2, 0) is 4.79 Å². The normalized spacial score (nSPS) is 10.7. The van der Waals surface area contributed by atoms with Gasteiger partial charge in [-0.2, -0.15) is 5.10 Å². The van der Waals surface area contributed by atoms with Crippen molar-refractivity contribution in [1.82, 2.24) is 5.43 Å². The summed E-state index contributed by atoms with van der Waals surface area (Å²) in [5.74, 6) is 0.414. The van der Waals surface area contributed by atoms with Gasteiger partial charge in [0, 0.05) is 6.42 Å². The number of amides is 1. The van der Waals surface area contributed by atoms with Crippen molar-refractivity contribution < 1.29 is 14.6 Å². The van der Waals surface area contributed by atoms with E-state index in [0.29, 0.717) is 18.8 Å². The lowest BCUT2D eigenvalue weighted by Crippen LogP contribution is -2.16. The molecule has 0 radical (unpaired) electrons. The van der Waals surface area contributed by atoms with Crippen molar-refractivity contribution in [3.63, 3.8) is 0 Å². The molecule has 5 nitrogen and oxygen atoms in total. The Labute approximate surface area is 119 Å². The van der Waals surface area contributed by atoms with Gasteiger partial charge < -0.3 is 9.84 Å². The SMILES string of the molecule is CCCCCC(=O)N/N=C/c1ccc(O)c(OCC)c1. The fourth-order valence-electron chi connectivity index (χ4n) is 1.65. The first-order valence-corrected chi connectivity index (χ1v) is 6.95. The molecule has 0 unspecified atom stereocenters. The van der Waals surface area contributed by atoms with Crippen molar-refractivity contribution in [2.24, 2.45) is 5.10 Å². The number of unbranched alkanes of at least 4 members (excludes halogenated alkanes) is 2. The van der Waals surface area contributed by atoms with Gasteiger partial charge in [0.2, 0.25) is 5.91 Å². The van der Waals surface area contributed by atoms with Crippen molar-refractivity contribution in [2.75, 3.05) is 6.61 Å². The molecule has 0 aliphatic carbocycles. The van der Waals surface area contributed by atoms with Gasteiger partial charge in [0.1, 0.15) is 0 Å². The second-order valence-electron chi connectivity index (χ2n) is 4.41. The average molecular weight is 278 g/mol. The lowest BCUT2D eigenvalue weighted by atomic mass is 10.2. The van der Waals surface area contributed by atoms with E-state index in [-0.39, 0.29) is 11.7 Å². The number of hydrogen-bond donors (Lipinski definition) is 2. The molecule has 1 aromatic rings. The maximum absolute atomic E-state index is 11.4. The van der Waals surface area contributed by atoms with E-state index >= 15 is 0 Å². The van der Waals surface area contributed by atoms with Crippen molar-refractivity contribution in [3.8, 4) is 11.5 Å². The fraction of sp³-hybridized carbons (Fsp3) is 0.467. The number of aromatic hydroxyl groups is 1. The topological polar surface area (TPSA) is 70.9 Å². The molecule has 0 aromatic heterocycles. The highest BCUT2D eigenvalue weighted by Gasteiger charge is 2.02. The van der Waals surface area contributed by atoms with Gasteiger partial charge in [0.15, 0.2) is 11.5 Å². The summed E-state index contributed by atoms with van der Waals surface area (Å²) in [7, 11) is 0. The summed E-state index contributed by atoms with van der Waals surface area (Å²) >= 11 is 0. The number of hydrogen-bond acceptors (Lipinski definition) is 4. The first-order valence-electron chi connectivity index (χ1n) is 6.95. The number of nitrogens with zero attached hydrogens (tertiary/aromatic N) is 1. The number of benzene rings is 1. The molecular weight excluding hydrogens is 256 g/mol. The van der Waals surface area contributed by atoms with Crippen LogP contribution in [0.2, 0.25) is 0 Å². The van der Waals surface area contributed by atoms with E-state index in [1.54, 1.807) is 12.1 Å². The molecule has 0 aliphatic heterocycles. The summed E-state index contributed by atoms with van der Waals surface area (Å²) in [5, 5.41) is 13.5. The summed E-state index contributed by atoms with van der Waals surface area (Å²) in [4.78, 5) is 11.4. The van der Waals surface area contributed by atoms with Crippen LogP contribution in [0.4, 0.5) is 0 Å². The van der Waals surface area contributed by atoms with Gasteiger partial charge in [-0.15, -0.1) is 0 Å². The van der Waals surface area contributed by atoms with Gasteiger partial charge in [-0.25, -0.2) is 5.43 Å². The molecule has 0 saturated carbocycles. The average Bonchev–Trinajstić information content (AvgIpc) is 2.43. The zero-order valence-corrected chi connectivity index (χ0v) is 12.1. The Hall–Kier alpha value is -2.04. The molecule has 0 atom stereocenters. The fourth-order valence-corrected chi connectivity index (χ4v) is 1.65. The highest BCUT2D eigenvalue weighted by Crippen LogP contribution is 2.26. The van der Waals surface area contributed by atoms with Crippen molar-refractivity contribution in [1.29, 1.82) is 0 Å². The minimum atomic E-state index is -0.0847. The summed E-state index contributed by atoms with van der Waals surface area (Å²) in [5.41, 5.74) is 3.23. The number of phenolic OH excluding ortho intramolecular Hbond substituents is 1. The van der Waals surface area contributed by atoms with Crippen LogP contribution < -0.4 is 10.2 Å². The number of ether oxygens (including phenoxy) is 1. The van der Waals surface area contributed by atoms with E-state index in [9.17, 15) is 9.90 Å². The van der Waals surface area contributed by atoms with Gasteiger partial charge in [-0.05, 0) is 37.1 Å². The van der Waals surface area contributed by atoms with E-state index in [4.69, 9.17) is 4.74 Å². The molecule has 1 amide bonds. The second-order valence-corrected chi connectivity index (χ2v) is 4.41. The zero-order valence-electron chi connectivity index (χ0n) is 12.1. The van der Waals surface area contributed by atoms with Crippen molar-refractivity contribution >= 4 is 12.1 Å². The van der Waals surface area contributed by atoms with Crippen LogP contribution in [0.5, 0.6) is 11.5 Å². The Kier molecular flexibility index (Phi) is 7.17. The Bertz CT molecular complexity index is 458. The Morgan fingerprint density at radius 2 is 2.20 bits per heavy atom. The van der Waals surface area contributed by atoms with Gasteiger partial charge in [-0.3, -0.25) is 4.79 Å². The minimum Gasteiger partial charge on any atom is -0.504 e. The summed E-state index contributed by atoms with van der Waals surface area (Å²) in [6, 6.07) is 4.91. The van der Waals surface area contributed by atoms with E-state index in [2.05, 4.69) is 17.5 Å². The first-order chi connectivity index (χ1) is 9.67. The maximum Gasteiger partial charge on any atom is 0.240 e. The highest BCUT2D eigenvalue weighted by molar-refractivity contribution is 5.83. The largest absolute Gasteiger partial charge is 0.504 e. The lowest BCUT2D eigenvalue weighted by Gasteiger charge is -2.06. The molecule has 20 heavy (non-hydrogen) atoms. The van der Waals surface area contributed by atoms with Crippen LogP contribution >= 0.6 is 0 Å². The minimum absolute atomic E-state index is 0.0847. The molecule has 0 heterocycles. The maximum atomic E-state index is 11.4. The predicted octanol–water partition coefficient (Wildman–Crippen LogP) is 2.82. The molecular formula is C15H22N2O3. The van der Waals surface area contributed by atoms with Crippen molar-refractivity contribution in [2.45, 2.75) is 39.5 Å². The van der Waals surface area contributed by atoms with Gasteiger partial charge in [0.05, 0.1) is 12.8 Å². The van der Waals surface area contributed by atoms with Crippen LogP contribution in [0.25, 0.3) is 0 Å². The zero-order chi connectivity index (χ0) is 14.8. The first kappa shape index (κ1) is 16.0. The number of phenols is 1. The van der Waals surface area contributed by atoms with E-state index in [0.717, 1.165) is 24.8 Å². The highest BCUT2D eigenvalue weighted by atomic mass is 16.5. The summed E-state index contributed by atoms with van der Waals surface area (Å²) < 4.78 is 5.27. The number of hydrazone groups is 1. The molecule has 0 spiro atoms. The predicted molar refractivity (Wildman–Crippen MR) is 79.2 cm³/mol. The third-order valence-corrected chi connectivity index (χ3v) is 2.69. The van der Waals surface area contributed by atoms with Gasteiger partial charge in [-0.1, -0.05) is 19.8 Å². The molecule has 110 valence electrons. The third-order valence-electron chi connectivity index (χ3n) is 2.69. The molecule has 1 aromatic carbocycles. The van der Waals surface area contributed by atoms with E-state index < -0.39 is 0 Å². The molecule has 2 N–H and O–H groups in total. The number of nitrogens with one attached hydrogen (secondary N) is 1. The number of carbonyl (C=O) groups is 1.